The molecule has 0 unspecified atom stereocenters. The molecule has 0 saturated heterocycles. The van der Waals surface area contributed by atoms with Crippen molar-refractivity contribution in [2.24, 2.45) is 0 Å². The molecule has 2 aromatic carbocycles. The highest BCUT2D eigenvalue weighted by Gasteiger charge is 2.15. The van der Waals surface area contributed by atoms with Gasteiger partial charge in [-0.15, -0.1) is 10.2 Å². The standard InChI is InChI=1S/C21H23BrN4OS/c1-3-26-19(13-16-7-5-4-6-8-16)24-25-21(26)28-14-20(27)23-15(2)17-9-11-18(22)12-10-17/h4-12,15H,3,13-14H2,1-2H3,(H,23,27)/t15-/m0/s1. The number of aromatic nitrogens is 3. The van der Waals surface area contributed by atoms with E-state index in [-0.39, 0.29) is 11.9 Å². The molecule has 0 spiro atoms. The van der Waals surface area contributed by atoms with E-state index in [0.717, 1.165) is 34.0 Å². The maximum atomic E-state index is 12.4. The third kappa shape index (κ3) is 5.45. The van der Waals surface area contributed by atoms with Gasteiger partial charge < -0.3 is 9.88 Å². The number of thioether (sulfide) groups is 1. The lowest BCUT2D eigenvalue weighted by Crippen LogP contribution is -2.28. The second-order valence-electron chi connectivity index (χ2n) is 6.43. The van der Waals surface area contributed by atoms with E-state index in [1.165, 1.54) is 17.3 Å². The Bertz CT molecular complexity index is 912. The Balaban J connectivity index is 1.58. The zero-order valence-electron chi connectivity index (χ0n) is 15.9. The van der Waals surface area contributed by atoms with E-state index >= 15 is 0 Å². The van der Waals surface area contributed by atoms with Crippen LogP contribution in [0.3, 0.4) is 0 Å². The summed E-state index contributed by atoms with van der Waals surface area (Å²) in [6.45, 7) is 4.82. The van der Waals surface area contributed by atoms with Crippen LogP contribution in [0.15, 0.2) is 64.2 Å². The molecule has 146 valence electrons. The number of hydrogen-bond donors (Lipinski definition) is 1. The molecule has 1 heterocycles. The molecule has 7 heteroatoms. The minimum absolute atomic E-state index is 0.0179. The van der Waals surface area contributed by atoms with Crippen LogP contribution in [0, 0.1) is 0 Å². The van der Waals surface area contributed by atoms with Crippen LogP contribution < -0.4 is 5.32 Å². The average molecular weight is 459 g/mol. The Morgan fingerprint density at radius 1 is 1.14 bits per heavy atom. The van der Waals surface area contributed by atoms with Crippen LogP contribution in [0.2, 0.25) is 0 Å². The monoisotopic (exact) mass is 458 g/mol. The highest BCUT2D eigenvalue weighted by atomic mass is 79.9. The molecule has 28 heavy (non-hydrogen) atoms. The summed E-state index contributed by atoms with van der Waals surface area (Å²) in [6.07, 6.45) is 0.731. The van der Waals surface area contributed by atoms with Crippen molar-refractivity contribution >= 4 is 33.6 Å². The predicted molar refractivity (Wildman–Crippen MR) is 116 cm³/mol. The van der Waals surface area contributed by atoms with Crippen LogP contribution in [-0.4, -0.2) is 26.4 Å². The van der Waals surface area contributed by atoms with Gasteiger partial charge in [0.25, 0.3) is 0 Å². The van der Waals surface area contributed by atoms with Gasteiger partial charge in [-0.1, -0.05) is 70.2 Å². The largest absolute Gasteiger partial charge is 0.349 e. The number of nitrogens with zero attached hydrogens (tertiary/aromatic N) is 3. The van der Waals surface area contributed by atoms with Gasteiger partial charge in [0.1, 0.15) is 5.82 Å². The number of benzene rings is 2. The van der Waals surface area contributed by atoms with Crippen LogP contribution in [-0.2, 0) is 17.8 Å². The van der Waals surface area contributed by atoms with E-state index in [0.29, 0.717) is 5.75 Å². The molecule has 0 aliphatic carbocycles. The molecule has 1 amide bonds. The molecule has 1 N–H and O–H groups in total. The summed E-state index contributed by atoms with van der Waals surface area (Å²) < 4.78 is 3.10. The smallest absolute Gasteiger partial charge is 0.230 e. The number of carbonyl (C=O) groups excluding carboxylic acids is 1. The molecule has 0 bridgehead atoms. The molecule has 3 rings (SSSR count). The quantitative estimate of drug-likeness (QED) is 0.500. The number of carbonyl (C=O) groups is 1. The van der Waals surface area contributed by atoms with E-state index in [4.69, 9.17) is 0 Å². The summed E-state index contributed by atoms with van der Waals surface area (Å²) in [6, 6.07) is 18.1. The van der Waals surface area contributed by atoms with E-state index in [2.05, 4.69) is 55.1 Å². The van der Waals surface area contributed by atoms with Crippen molar-refractivity contribution in [3.63, 3.8) is 0 Å². The third-order valence-corrected chi connectivity index (χ3v) is 5.89. The van der Waals surface area contributed by atoms with E-state index < -0.39 is 0 Å². The zero-order valence-corrected chi connectivity index (χ0v) is 18.3. The summed E-state index contributed by atoms with van der Waals surface area (Å²) in [5, 5.41) is 12.4. The molecule has 0 radical (unpaired) electrons. The van der Waals surface area contributed by atoms with Crippen molar-refractivity contribution in [3.05, 3.63) is 76.0 Å². The topological polar surface area (TPSA) is 59.8 Å². The Kier molecular flexibility index (Phi) is 7.28. The average Bonchev–Trinajstić information content (AvgIpc) is 3.09. The number of halogens is 1. The van der Waals surface area contributed by atoms with Crippen molar-refractivity contribution in [1.29, 1.82) is 0 Å². The van der Waals surface area contributed by atoms with Gasteiger partial charge >= 0.3 is 0 Å². The minimum atomic E-state index is -0.0427. The second kappa shape index (κ2) is 9.89. The van der Waals surface area contributed by atoms with Crippen molar-refractivity contribution < 1.29 is 4.79 Å². The summed E-state index contributed by atoms with van der Waals surface area (Å²) in [7, 11) is 0. The first-order valence-electron chi connectivity index (χ1n) is 9.20. The maximum absolute atomic E-state index is 12.4. The number of amides is 1. The SMILES string of the molecule is CCn1c(Cc2ccccc2)nnc1SCC(=O)N[C@@H](C)c1ccc(Br)cc1. The van der Waals surface area contributed by atoms with Gasteiger partial charge in [0.05, 0.1) is 11.8 Å². The fourth-order valence-corrected chi connectivity index (χ4v) is 4.00. The molecule has 5 nitrogen and oxygen atoms in total. The van der Waals surface area contributed by atoms with Crippen molar-refractivity contribution in [1.82, 2.24) is 20.1 Å². The highest BCUT2D eigenvalue weighted by Crippen LogP contribution is 2.20. The van der Waals surface area contributed by atoms with E-state index in [1.807, 2.05) is 49.4 Å². The molecular formula is C21H23BrN4OS. The first-order valence-corrected chi connectivity index (χ1v) is 11.0. The van der Waals surface area contributed by atoms with Crippen LogP contribution >= 0.6 is 27.7 Å². The van der Waals surface area contributed by atoms with Crippen LogP contribution in [0.5, 0.6) is 0 Å². The fourth-order valence-electron chi connectivity index (χ4n) is 2.90. The first-order chi connectivity index (χ1) is 13.6. The number of nitrogens with one attached hydrogen (secondary N) is 1. The summed E-state index contributed by atoms with van der Waals surface area (Å²) in [5.74, 6) is 1.21. The lowest BCUT2D eigenvalue weighted by molar-refractivity contribution is -0.119. The summed E-state index contributed by atoms with van der Waals surface area (Å²) >= 11 is 4.85. The predicted octanol–water partition coefficient (Wildman–Crippen LogP) is 4.62. The minimum Gasteiger partial charge on any atom is -0.349 e. The fraction of sp³-hybridized carbons (Fsp3) is 0.286. The molecule has 0 aliphatic heterocycles. The summed E-state index contributed by atoms with van der Waals surface area (Å²) in [5.41, 5.74) is 2.27. The Morgan fingerprint density at radius 2 is 1.86 bits per heavy atom. The van der Waals surface area contributed by atoms with Gasteiger partial charge in [-0.2, -0.15) is 0 Å². The number of rotatable bonds is 8. The van der Waals surface area contributed by atoms with Crippen molar-refractivity contribution in [2.45, 2.75) is 38.0 Å². The Morgan fingerprint density at radius 3 is 2.54 bits per heavy atom. The van der Waals surface area contributed by atoms with Gasteiger partial charge in [0.2, 0.25) is 5.91 Å². The molecule has 0 fully saturated rings. The highest BCUT2D eigenvalue weighted by molar-refractivity contribution is 9.10. The van der Waals surface area contributed by atoms with E-state index in [1.54, 1.807) is 0 Å². The van der Waals surface area contributed by atoms with Crippen molar-refractivity contribution in [3.8, 4) is 0 Å². The molecule has 1 aromatic heterocycles. The van der Waals surface area contributed by atoms with Gasteiger partial charge in [0.15, 0.2) is 5.16 Å². The van der Waals surface area contributed by atoms with Crippen LogP contribution in [0.4, 0.5) is 0 Å². The third-order valence-electron chi connectivity index (χ3n) is 4.39. The molecule has 0 aliphatic rings. The maximum Gasteiger partial charge on any atom is 0.230 e. The van der Waals surface area contributed by atoms with Gasteiger partial charge in [0, 0.05) is 17.4 Å². The first kappa shape index (κ1) is 20.6. The zero-order chi connectivity index (χ0) is 19.9. The molecule has 3 aromatic rings. The van der Waals surface area contributed by atoms with Gasteiger partial charge in [-0.25, -0.2) is 0 Å². The van der Waals surface area contributed by atoms with E-state index in [9.17, 15) is 4.79 Å². The lowest BCUT2D eigenvalue weighted by atomic mass is 10.1. The molecule has 1 atom stereocenters. The normalized spacial score (nSPS) is 12.0. The Hall–Kier alpha value is -2.12. The lowest BCUT2D eigenvalue weighted by Gasteiger charge is -2.14. The molecule has 0 saturated carbocycles. The second-order valence-corrected chi connectivity index (χ2v) is 8.29. The summed E-state index contributed by atoms with van der Waals surface area (Å²) in [4.78, 5) is 12.4. The van der Waals surface area contributed by atoms with Gasteiger partial charge in [-0.3, -0.25) is 4.79 Å². The van der Waals surface area contributed by atoms with Crippen LogP contribution in [0.25, 0.3) is 0 Å². The Labute approximate surface area is 178 Å². The van der Waals surface area contributed by atoms with Gasteiger partial charge in [-0.05, 0) is 37.1 Å². The van der Waals surface area contributed by atoms with Crippen molar-refractivity contribution in [2.75, 3.05) is 5.75 Å². The number of hydrogen-bond acceptors (Lipinski definition) is 4. The molecular weight excluding hydrogens is 436 g/mol. The van der Waals surface area contributed by atoms with Crippen LogP contribution in [0.1, 0.15) is 36.8 Å².